The van der Waals surface area contributed by atoms with Crippen molar-refractivity contribution in [2.24, 2.45) is 11.8 Å². The van der Waals surface area contributed by atoms with Crippen LogP contribution in [0.1, 0.15) is 61.7 Å². The molecular weight excluding hydrogens is 352 g/mol. The van der Waals surface area contributed by atoms with Gasteiger partial charge in [0.1, 0.15) is 5.75 Å². The van der Waals surface area contributed by atoms with Crippen LogP contribution < -0.4 is 4.74 Å². The predicted molar refractivity (Wildman–Crippen MR) is 108 cm³/mol. The fourth-order valence-corrected chi connectivity index (χ4v) is 4.76. The van der Waals surface area contributed by atoms with Gasteiger partial charge < -0.3 is 14.5 Å². The first kappa shape index (κ1) is 19.3. The summed E-state index contributed by atoms with van der Waals surface area (Å²) in [6.07, 6.45) is 8.84. The number of hydrogen-bond donors (Lipinski definition) is 0. The lowest BCUT2D eigenvalue weighted by Gasteiger charge is -2.33. The van der Waals surface area contributed by atoms with Gasteiger partial charge in [0.25, 0.3) is 5.91 Å². The molecule has 1 saturated carbocycles. The minimum Gasteiger partial charge on any atom is -0.493 e. The average Bonchev–Trinajstić information content (AvgIpc) is 3.46. The highest BCUT2D eigenvalue weighted by Gasteiger charge is 2.30. The molecule has 5 nitrogen and oxygen atoms in total. The van der Waals surface area contributed by atoms with E-state index in [1.807, 2.05) is 29.2 Å². The molecule has 2 heterocycles. The van der Waals surface area contributed by atoms with Crippen LogP contribution in [0.15, 0.2) is 24.3 Å². The van der Waals surface area contributed by atoms with E-state index in [4.69, 9.17) is 4.74 Å². The van der Waals surface area contributed by atoms with Gasteiger partial charge in [0, 0.05) is 37.7 Å². The van der Waals surface area contributed by atoms with Crippen molar-refractivity contribution in [3.05, 3.63) is 29.8 Å². The Kier molecular flexibility index (Phi) is 6.18. The van der Waals surface area contributed by atoms with Crippen LogP contribution in [0.3, 0.4) is 0 Å². The Bertz CT molecular complexity index is 668. The second kappa shape index (κ2) is 8.97. The first-order valence-corrected chi connectivity index (χ1v) is 11.0. The molecule has 0 N–H and O–H groups in total. The number of hydrogen-bond acceptors (Lipinski definition) is 3. The molecule has 2 saturated heterocycles. The van der Waals surface area contributed by atoms with Crippen molar-refractivity contribution >= 4 is 11.8 Å². The van der Waals surface area contributed by atoms with Gasteiger partial charge >= 0.3 is 0 Å². The first-order valence-electron chi connectivity index (χ1n) is 11.0. The maximum atomic E-state index is 12.5. The van der Waals surface area contributed by atoms with Gasteiger partial charge in [-0.1, -0.05) is 12.8 Å². The van der Waals surface area contributed by atoms with E-state index in [1.54, 1.807) is 0 Å². The standard InChI is InChI=1S/C23H32N2O3/c26-22(19-5-1-2-6-19)25-15-11-18(12-16-25)17-28-21-9-7-20(8-10-21)23(27)24-13-3-4-14-24/h7-10,18-19H,1-6,11-17H2. The normalized spacial score (nSPS) is 21.3. The number of benzene rings is 1. The molecule has 0 atom stereocenters. The average molecular weight is 385 g/mol. The molecule has 3 fully saturated rings. The van der Waals surface area contributed by atoms with Crippen LogP contribution in [-0.2, 0) is 4.79 Å². The van der Waals surface area contributed by atoms with Gasteiger partial charge in [-0.2, -0.15) is 0 Å². The van der Waals surface area contributed by atoms with Crippen LogP contribution in [-0.4, -0.2) is 54.4 Å². The van der Waals surface area contributed by atoms with E-state index in [9.17, 15) is 9.59 Å². The monoisotopic (exact) mass is 384 g/mol. The molecule has 5 heteroatoms. The number of carbonyl (C=O) groups excluding carboxylic acids is 2. The third kappa shape index (κ3) is 4.50. The first-order chi connectivity index (χ1) is 13.7. The summed E-state index contributed by atoms with van der Waals surface area (Å²) < 4.78 is 5.97. The minimum absolute atomic E-state index is 0.128. The number of piperidine rings is 1. The molecular formula is C23H32N2O3. The van der Waals surface area contributed by atoms with E-state index in [1.165, 1.54) is 12.8 Å². The van der Waals surface area contributed by atoms with E-state index in [0.717, 1.165) is 76.0 Å². The molecule has 0 aromatic heterocycles. The Hall–Kier alpha value is -2.04. The smallest absolute Gasteiger partial charge is 0.253 e. The largest absolute Gasteiger partial charge is 0.493 e. The maximum absolute atomic E-state index is 12.5. The summed E-state index contributed by atoms with van der Waals surface area (Å²) in [4.78, 5) is 28.9. The quantitative estimate of drug-likeness (QED) is 0.777. The number of rotatable bonds is 5. The highest BCUT2D eigenvalue weighted by molar-refractivity contribution is 5.94. The number of nitrogens with zero attached hydrogens (tertiary/aromatic N) is 2. The van der Waals surface area contributed by atoms with E-state index in [-0.39, 0.29) is 11.8 Å². The van der Waals surface area contributed by atoms with E-state index in [2.05, 4.69) is 4.90 Å². The summed E-state index contributed by atoms with van der Waals surface area (Å²) in [6.45, 7) is 4.17. The molecule has 0 bridgehead atoms. The summed E-state index contributed by atoms with van der Waals surface area (Å²) in [5.74, 6) is 2.12. The van der Waals surface area contributed by atoms with Crippen molar-refractivity contribution in [1.29, 1.82) is 0 Å². The Morgan fingerprint density at radius 1 is 0.821 bits per heavy atom. The summed E-state index contributed by atoms with van der Waals surface area (Å²) >= 11 is 0. The van der Waals surface area contributed by atoms with Gasteiger partial charge in [0.05, 0.1) is 6.61 Å². The van der Waals surface area contributed by atoms with Crippen molar-refractivity contribution in [2.75, 3.05) is 32.8 Å². The topological polar surface area (TPSA) is 49.9 Å². The molecule has 152 valence electrons. The Balaban J connectivity index is 1.21. The van der Waals surface area contributed by atoms with Gasteiger partial charge in [-0.15, -0.1) is 0 Å². The maximum Gasteiger partial charge on any atom is 0.253 e. The fraction of sp³-hybridized carbons (Fsp3) is 0.652. The highest BCUT2D eigenvalue weighted by Crippen LogP contribution is 2.28. The van der Waals surface area contributed by atoms with Gasteiger partial charge in [0.2, 0.25) is 5.91 Å². The zero-order valence-corrected chi connectivity index (χ0v) is 16.8. The SMILES string of the molecule is O=C(c1ccc(OCC2CCN(C(=O)C3CCCC3)CC2)cc1)N1CCCC1. The van der Waals surface area contributed by atoms with Gasteiger partial charge in [-0.05, 0) is 68.7 Å². The fourth-order valence-electron chi connectivity index (χ4n) is 4.76. The molecule has 3 aliphatic rings. The lowest BCUT2D eigenvalue weighted by Crippen LogP contribution is -2.42. The van der Waals surface area contributed by atoms with E-state index >= 15 is 0 Å². The second-order valence-corrected chi connectivity index (χ2v) is 8.58. The van der Waals surface area contributed by atoms with Crippen LogP contribution in [0.25, 0.3) is 0 Å². The molecule has 0 unspecified atom stereocenters. The van der Waals surface area contributed by atoms with Crippen LogP contribution in [0, 0.1) is 11.8 Å². The van der Waals surface area contributed by atoms with Crippen LogP contribution in [0.2, 0.25) is 0 Å². The number of amides is 2. The summed E-state index contributed by atoms with van der Waals surface area (Å²) in [6, 6.07) is 7.56. The molecule has 4 rings (SSSR count). The zero-order chi connectivity index (χ0) is 19.3. The summed E-state index contributed by atoms with van der Waals surface area (Å²) in [5.41, 5.74) is 0.744. The van der Waals surface area contributed by atoms with Crippen LogP contribution >= 0.6 is 0 Å². The molecule has 1 aromatic carbocycles. The molecule has 0 spiro atoms. The lowest BCUT2D eigenvalue weighted by molar-refractivity contribution is -0.136. The second-order valence-electron chi connectivity index (χ2n) is 8.58. The van der Waals surface area contributed by atoms with Gasteiger partial charge in [-0.3, -0.25) is 9.59 Å². The Labute approximate surface area is 168 Å². The molecule has 28 heavy (non-hydrogen) atoms. The summed E-state index contributed by atoms with van der Waals surface area (Å²) in [5, 5.41) is 0. The number of carbonyl (C=O) groups is 2. The Morgan fingerprint density at radius 3 is 2.11 bits per heavy atom. The van der Waals surface area contributed by atoms with Crippen LogP contribution in [0.4, 0.5) is 0 Å². The lowest BCUT2D eigenvalue weighted by atomic mass is 9.96. The number of likely N-dealkylation sites (tertiary alicyclic amines) is 2. The summed E-state index contributed by atoms with van der Waals surface area (Å²) in [7, 11) is 0. The van der Waals surface area contributed by atoms with Crippen LogP contribution in [0.5, 0.6) is 5.75 Å². The third-order valence-electron chi connectivity index (χ3n) is 6.61. The van der Waals surface area contributed by atoms with Crippen molar-refractivity contribution in [1.82, 2.24) is 9.80 Å². The van der Waals surface area contributed by atoms with E-state index < -0.39 is 0 Å². The predicted octanol–water partition coefficient (Wildman–Crippen LogP) is 3.73. The van der Waals surface area contributed by atoms with Crippen molar-refractivity contribution in [2.45, 2.75) is 51.4 Å². The van der Waals surface area contributed by atoms with Crippen molar-refractivity contribution in [3.8, 4) is 5.75 Å². The van der Waals surface area contributed by atoms with Crippen molar-refractivity contribution < 1.29 is 14.3 Å². The zero-order valence-electron chi connectivity index (χ0n) is 16.8. The van der Waals surface area contributed by atoms with Gasteiger partial charge in [0.15, 0.2) is 0 Å². The molecule has 2 amide bonds. The van der Waals surface area contributed by atoms with Crippen molar-refractivity contribution in [3.63, 3.8) is 0 Å². The van der Waals surface area contributed by atoms with Gasteiger partial charge in [-0.25, -0.2) is 0 Å². The minimum atomic E-state index is 0.128. The molecule has 0 radical (unpaired) electrons. The molecule has 1 aromatic rings. The molecule has 1 aliphatic carbocycles. The van der Waals surface area contributed by atoms with E-state index in [0.29, 0.717) is 18.4 Å². The Morgan fingerprint density at radius 2 is 1.46 bits per heavy atom. The highest BCUT2D eigenvalue weighted by atomic mass is 16.5. The third-order valence-corrected chi connectivity index (χ3v) is 6.61. The number of ether oxygens (including phenoxy) is 1. The molecule has 2 aliphatic heterocycles.